The van der Waals surface area contributed by atoms with Crippen LogP contribution in [0.5, 0.6) is 11.5 Å². The molecule has 0 aliphatic rings. The van der Waals surface area contributed by atoms with Crippen LogP contribution < -0.4 is 14.8 Å². The average molecular weight is 416 g/mol. The lowest BCUT2D eigenvalue weighted by Crippen LogP contribution is -2.30. The fourth-order valence-corrected chi connectivity index (χ4v) is 2.59. The minimum atomic E-state index is -1.30. The third kappa shape index (κ3) is 4.90. The Labute approximate surface area is 171 Å². The van der Waals surface area contributed by atoms with Crippen LogP contribution in [-0.2, 0) is 9.53 Å². The molecule has 0 heterocycles. The molecule has 0 fully saturated rings. The van der Waals surface area contributed by atoms with Crippen LogP contribution in [0.4, 0.5) is 11.4 Å². The Morgan fingerprint density at radius 3 is 2.20 bits per heavy atom. The van der Waals surface area contributed by atoms with Gasteiger partial charge in [-0.25, -0.2) is 4.79 Å². The number of carbonyl (C=O) groups is 3. The highest BCUT2D eigenvalue weighted by Crippen LogP contribution is 2.35. The van der Waals surface area contributed by atoms with Gasteiger partial charge in [-0.05, 0) is 26.0 Å². The van der Waals surface area contributed by atoms with Gasteiger partial charge in [0.1, 0.15) is 5.56 Å². The van der Waals surface area contributed by atoms with Crippen molar-refractivity contribution in [3.63, 3.8) is 0 Å². The second-order valence-electron chi connectivity index (χ2n) is 6.12. The summed E-state index contributed by atoms with van der Waals surface area (Å²) in [4.78, 5) is 47.2. The molecular weight excluding hydrogens is 396 g/mol. The molecule has 1 N–H and O–H groups in total. The molecule has 2 rings (SSSR count). The Morgan fingerprint density at radius 1 is 1.03 bits per heavy atom. The molecule has 1 atom stereocenters. The maximum absolute atomic E-state index is 12.5. The fraction of sp³-hybridized carbons (Fsp3) is 0.250. The van der Waals surface area contributed by atoms with Gasteiger partial charge in [0.15, 0.2) is 23.4 Å². The topological polar surface area (TPSA) is 134 Å². The van der Waals surface area contributed by atoms with E-state index >= 15 is 0 Å². The number of Topliss-reactive ketones (excluding diaryl/α,β-unsaturated/α-hetero) is 1. The number of carbonyl (C=O) groups excluding carboxylic acids is 3. The molecule has 0 spiro atoms. The molecule has 30 heavy (non-hydrogen) atoms. The number of ether oxygens (including phenoxy) is 3. The second kappa shape index (κ2) is 9.50. The van der Waals surface area contributed by atoms with Crippen molar-refractivity contribution in [2.24, 2.45) is 0 Å². The van der Waals surface area contributed by atoms with Gasteiger partial charge in [-0.1, -0.05) is 12.1 Å². The van der Waals surface area contributed by atoms with Crippen molar-refractivity contribution in [3.8, 4) is 11.5 Å². The quantitative estimate of drug-likeness (QED) is 0.300. The van der Waals surface area contributed by atoms with Crippen LogP contribution in [0, 0.1) is 10.1 Å². The van der Waals surface area contributed by atoms with Crippen LogP contribution in [0.3, 0.4) is 0 Å². The largest absolute Gasteiger partial charge is 0.493 e. The Hall–Kier alpha value is -3.95. The van der Waals surface area contributed by atoms with Crippen molar-refractivity contribution in [2.75, 3.05) is 19.5 Å². The lowest BCUT2D eigenvalue weighted by molar-refractivity contribution is -0.385. The summed E-state index contributed by atoms with van der Waals surface area (Å²) in [5.41, 5.74) is -0.413. The monoisotopic (exact) mass is 416 g/mol. The number of hydrogen-bond acceptors (Lipinski definition) is 8. The molecule has 0 aliphatic heterocycles. The fourth-order valence-electron chi connectivity index (χ4n) is 2.59. The van der Waals surface area contributed by atoms with Gasteiger partial charge >= 0.3 is 5.97 Å². The Balaban J connectivity index is 2.24. The van der Waals surface area contributed by atoms with E-state index in [4.69, 9.17) is 14.2 Å². The van der Waals surface area contributed by atoms with Crippen LogP contribution in [0.25, 0.3) is 0 Å². The number of para-hydroxylation sites is 1. The Kier molecular flexibility index (Phi) is 7.08. The predicted octanol–water partition coefficient (Wildman–Crippen LogP) is 3.00. The molecule has 0 aliphatic carbocycles. The van der Waals surface area contributed by atoms with E-state index in [0.29, 0.717) is 5.56 Å². The van der Waals surface area contributed by atoms with Gasteiger partial charge < -0.3 is 19.5 Å². The highest BCUT2D eigenvalue weighted by Gasteiger charge is 2.28. The summed E-state index contributed by atoms with van der Waals surface area (Å²) in [7, 11) is 2.60. The van der Waals surface area contributed by atoms with Crippen LogP contribution >= 0.6 is 0 Å². The third-order valence-electron chi connectivity index (χ3n) is 4.14. The van der Waals surface area contributed by atoms with Crippen molar-refractivity contribution >= 4 is 29.0 Å². The van der Waals surface area contributed by atoms with Crippen LogP contribution in [-0.4, -0.2) is 42.9 Å². The van der Waals surface area contributed by atoms with Gasteiger partial charge in [0.25, 0.3) is 11.6 Å². The molecule has 0 saturated heterocycles. The number of nitro benzene ring substituents is 1. The number of amides is 1. The predicted molar refractivity (Wildman–Crippen MR) is 106 cm³/mol. The van der Waals surface area contributed by atoms with Gasteiger partial charge in [-0.3, -0.25) is 19.7 Å². The van der Waals surface area contributed by atoms with Crippen LogP contribution in [0.15, 0.2) is 36.4 Å². The van der Waals surface area contributed by atoms with Crippen molar-refractivity contribution in [3.05, 3.63) is 57.6 Å². The molecule has 0 bridgehead atoms. The Bertz CT molecular complexity index is 1000. The molecule has 158 valence electrons. The number of hydrogen-bond donors (Lipinski definition) is 1. The van der Waals surface area contributed by atoms with Gasteiger partial charge in [-0.15, -0.1) is 0 Å². The summed E-state index contributed by atoms with van der Waals surface area (Å²) in [6, 6.07) is 8.49. The van der Waals surface area contributed by atoms with E-state index in [2.05, 4.69) is 5.32 Å². The molecule has 10 nitrogen and oxygen atoms in total. The van der Waals surface area contributed by atoms with E-state index in [-0.39, 0.29) is 23.0 Å². The number of methoxy groups -OCH3 is 2. The van der Waals surface area contributed by atoms with Crippen molar-refractivity contribution < 1.29 is 33.5 Å². The van der Waals surface area contributed by atoms with Crippen molar-refractivity contribution in [1.82, 2.24) is 0 Å². The number of anilines is 1. The first-order valence-electron chi connectivity index (χ1n) is 8.71. The molecule has 2 aromatic rings. The molecule has 1 amide bonds. The minimum Gasteiger partial charge on any atom is -0.493 e. The van der Waals surface area contributed by atoms with Gasteiger partial charge in [0, 0.05) is 11.6 Å². The number of benzene rings is 2. The number of rotatable bonds is 8. The maximum Gasteiger partial charge on any atom is 0.346 e. The molecule has 0 aromatic heterocycles. The summed E-state index contributed by atoms with van der Waals surface area (Å²) >= 11 is 0. The van der Waals surface area contributed by atoms with E-state index in [1.807, 2.05) is 0 Å². The number of nitrogens with one attached hydrogen (secondary N) is 1. The molecule has 0 unspecified atom stereocenters. The summed E-state index contributed by atoms with van der Waals surface area (Å²) < 4.78 is 15.2. The van der Waals surface area contributed by atoms with Crippen LogP contribution in [0.2, 0.25) is 0 Å². The molecule has 0 saturated carbocycles. The highest BCUT2D eigenvalue weighted by molar-refractivity contribution is 6.05. The summed E-state index contributed by atoms with van der Waals surface area (Å²) in [6.45, 7) is 2.65. The molecule has 10 heteroatoms. The molecule has 2 aromatic carbocycles. The first-order chi connectivity index (χ1) is 14.2. The molecule has 0 radical (unpaired) electrons. The average Bonchev–Trinajstić information content (AvgIpc) is 2.72. The normalized spacial score (nSPS) is 11.2. The smallest absolute Gasteiger partial charge is 0.346 e. The first kappa shape index (κ1) is 22.3. The number of ketones is 1. The van der Waals surface area contributed by atoms with E-state index in [9.17, 15) is 24.5 Å². The lowest BCUT2D eigenvalue weighted by atomic mass is 10.1. The second-order valence-corrected chi connectivity index (χ2v) is 6.12. The zero-order valence-electron chi connectivity index (χ0n) is 16.8. The van der Waals surface area contributed by atoms with E-state index in [1.54, 1.807) is 18.2 Å². The number of esters is 1. The van der Waals surface area contributed by atoms with Crippen molar-refractivity contribution in [2.45, 2.75) is 20.0 Å². The summed E-state index contributed by atoms with van der Waals surface area (Å²) in [5, 5.41) is 13.9. The van der Waals surface area contributed by atoms with E-state index in [0.717, 1.165) is 12.1 Å². The maximum atomic E-state index is 12.5. The molecular formula is C20H20N2O8. The Morgan fingerprint density at radius 2 is 1.63 bits per heavy atom. The summed E-state index contributed by atoms with van der Waals surface area (Å²) in [6.07, 6.45) is -1.30. The third-order valence-corrected chi connectivity index (χ3v) is 4.14. The number of nitro groups is 1. The highest BCUT2D eigenvalue weighted by atomic mass is 16.6. The van der Waals surface area contributed by atoms with Crippen LogP contribution in [0.1, 0.15) is 34.6 Å². The zero-order valence-corrected chi connectivity index (χ0v) is 16.8. The lowest BCUT2D eigenvalue weighted by Gasteiger charge is -2.15. The van der Waals surface area contributed by atoms with Gasteiger partial charge in [0.2, 0.25) is 0 Å². The standard InChI is InChI=1S/C20H20N2O8/c1-11(23)13-7-5-6-8-15(13)21-19(24)12(2)30-20(25)14-9-17(28-3)18(29-4)10-16(14)22(26)27/h5-10,12H,1-4H3,(H,21,24)/t12-/m0/s1. The van der Waals surface area contributed by atoms with E-state index in [1.165, 1.54) is 34.1 Å². The number of nitrogens with zero attached hydrogens (tertiary/aromatic N) is 1. The summed E-state index contributed by atoms with van der Waals surface area (Å²) in [5.74, 6) is -1.91. The van der Waals surface area contributed by atoms with Crippen molar-refractivity contribution in [1.29, 1.82) is 0 Å². The van der Waals surface area contributed by atoms with E-state index < -0.39 is 34.2 Å². The SMILES string of the molecule is COc1cc(C(=O)O[C@@H](C)C(=O)Nc2ccccc2C(C)=O)c([N+](=O)[O-])cc1OC. The van der Waals surface area contributed by atoms with Gasteiger partial charge in [-0.2, -0.15) is 0 Å². The zero-order chi connectivity index (χ0) is 22.4. The van der Waals surface area contributed by atoms with Gasteiger partial charge in [0.05, 0.1) is 30.9 Å². The minimum absolute atomic E-state index is 0.0624. The first-order valence-corrected chi connectivity index (χ1v) is 8.71.